The van der Waals surface area contributed by atoms with Crippen molar-refractivity contribution in [1.82, 2.24) is 20.0 Å². The monoisotopic (exact) mass is 318 g/mol. The Balaban J connectivity index is 2.16. The molecule has 1 aliphatic heterocycles. The summed E-state index contributed by atoms with van der Waals surface area (Å²) in [5.41, 5.74) is 0. The van der Waals surface area contributed by atoms with Gasteiger partial charge in [-0.15, -0.1) is 10.2 Å². The van der Waals surface area contributed by atoms with Gasteiger partial charge in [0.2, 0.25) is 0 Å². The third-order valence-corrected chi connectivity index (χ3v) is 3.97. The van der Waals surface area contributed by atoms with Crippen LogP contribution >= 0.6 is 27.3 Å². The fraction of sp³-hybridized carbons (Fsp3) is 0.556. The van der Waals surface area contributed by atoms with Crippen LogP contribution in [0.25, 0.3) is 0 Å². The summed E-state index contributed by atoms with van der Waals surface area (Å²) in [4.78, 5) is 26.5. The maximum absolute atomic E-state index is 11.9. The first-order chi connectivity index (χ1) is 8.04. The first kappa shape index (κ1) is 12.4. The quantitative estimate of drug-likeness (QED) is 0.792. The number of amides is 3. The van der Waals surface area contributed by atoms with Gasteiger partial charge in [-0.05, 0) is 29.8 Å². The predicted octanol–water partition coefficient (Wildman–Crippen LogP) is 1.47. The van der Waals surface area contributed by atoms with Crippen LogP contribution in [0.15, 0.2) is 3.92 Å². The van der Waals surface area contributed by atoms with Crippen molar-refractivity contribution < 1.29 is 9.59 Å². The fourth-order valence-electron chi connectivity index (χ4n) is 1.71. The molecule has 0 spiro atoms. The van der Waals surface area contributed by atoms with Crippen LogP contribution in [0, 0.1) is 0 Å². The zero-order valence-electron chi connectivity index (χ0n) is 9.38. The van der Waals surface area contributed by atoms with E-state index >= 15 is 0 Å². The molecule has 0 saturated carbocycles. The van der Waals surface area contributed by atoms with Gasteiger partial charge in [0, 0.05) is 6.54 Å². The molecule has 2 rings (SSSR count). The van der Waals surface area contributed by atoms with Crippen molar-refractivity contribution in [3.63, 3.8) is 0 Å². The van der Waals surface area contributed by atoms with E-state index in [1.807, 2.05) is 0 Å². The molecule has 1 aromatic heterocycles. The van der Waals surface area contributed by atoms with Crippen molar-refractivity contribution >= 4 is 39.2 Å². The molecule has 1 saturated heterocycles. The van der Waals surface area contributed by atoms with Gasteiger partial charge in [-0.2, -0.15) is 0 Å². The highest BCUT2D eigenvalue weighted by Gasteiger charge is 2.41. The summed E-state index contributed by atoms with van der Waals surface area (Å²) in [5.74, 6) is -0.152. The number of carbonyl (C=O) groups excluding carboxylic acids is 2. The average Bonchev–Trinajstić information content (AvgIpc) is 2.78. The zero-order valence-corrected chi connectivity index (χ0v) is 11.8. The van der Waals surface area contributed by atoms with Gasteiger partial charge in [0.1, 0.15) is 11.0 Å². The van der Waals surface area contributed by atoms with E-state index in [1.165, 1.54) is 21.1 Å². The lowest BCUT2D eigenvalue weighted by Gasteiger charge is -2.16. The summed E-state index contributed by atoms with van der Waals surface area (Å²) in [5, 5.41) is 8.45. The lowest BCUT2D eigenvalue weighted by molar-refractivity contribution is -0.127. The fourth-order valence-corrected chi connectivity index (χ4v) is 2.91. The number of hydrogen-bond donors (Lipinski definition) is 0. The molecular weight excluding hydrogens is 308 g/mol. The minimum absolute atomic E-state index is 0.152. The van der Waals surface area contributed by atoms with Gasteiger partial charge in [0.05, 0.1) is 6.54 Å². The average molecular weight is 319 g/mol. The summed E-state index contributed by atoms with van der Waals surface area (Å²) in [6.07, 6.45) is 0. The minimum Gasteiger partial charge on any atom is -0.306 e. The molecule has 2 heterocycles. The number of carbonyl (C=O) groups is 2. The van der Waals surface area contributed by atoms with Crippen LogP contribution in [-0.4, -0.2) is 44.5 Å². The van der Waals surface area contributed by atoms with E-state index < -0.39 is 6.04 Å². The molecule has 0 bridgehead atoms. The normalized spacial score (nSPS) is 20.5. The number of aromatic nitrogens is 2. The minimum atomic E-state index is -0.426. The number of imide groups is 1. The molecule has 1 atom stereocenters. The van der Waals surface area contributed by atoms with Crippen LogP contribution in [0.5, 0.6) is 0 Å². The van der Waals surface area contributed by atoms with Gasteiger partial charge in [0.25, 0.3) is 5.91 Å². The van der Waals surface area contributed by atoms with E-state index in [4.69, 9.17) is 0 Å². The molecule has 1 aromatic rings. The maximum Gasteiger partial charge on any atom is 0.327 e. The Morgan fingerprint density at radius 2 is 2.12 bits per heavy atom. The molecule has 17 heavy (non-hydrogen) atoms. The van der Waals surface area contributed by atoms with Crippen LogP contribution in [0.2, 0.25) is 0 Å². The van der Waals surface area contributed by atoms with Crippen molar-refractivity contribution in [2.24, 2.45) is 0 Å². The van der Waals surface area contributed by atoms with E-state index in [9.17, 15) is 9.59 Å². The number of urea groups is 1. The number of hydrogen-bond acceptors (Lipinski definition) is 5. The molecular formula is C9H11BrN4O2S. The lowest BCUT2D eigenvalue weighted by atomic mass is 10.3. The Morgan fingerprint density at radius 1 is 1.41 bits per heavy atom. The molecule has 1 unspecified atom stereocenters. The highest BCUT2D eigenvalue weighted by Crippen LogP contribution is 2.23. The molecule has 8 heteroatoms. The Bertz CT molecular complexity index is 464. The second-order valence-electron chi connectivity index (χ2n) is 3.62. The van der Waals surface area contributed by atoms with Crippen LogP contribution in [-0.2, 0) is 11.3 Å². The third-order valence-electron chi connectivity index (χ3n) is 2.63. The standard InChI is InChI=1S/C9H11BrN4O2S/c1-3-13-7(15)5(2)14(9(13)16)4-6-11-12-8(10)17-6/h5H,3-4H2,1-2H3. The molecule has 3 amide bonds. The van der Waals surface area contributed by atoms with Gasteiger partial charge in [0.15, 0.2) is 3.92 Å². The second kappa shape index (κ2) is 4.69. The number of nitrogens with zero attached hydrogens (tertiary/aromatic N) is 4. The molecule has 92 valence electrons. The van der Waals surface area contributed by atoms with Crippen LogP contribution < -0.4 is 0 Å². The zero-order chi connectivity index (χ0) is 12.6. The van der Waals surface area contributed by atoms with E-state index in [1.54, 1.807) is 13.8 Å². The molecule has 0 radical (unpaired) electrons. The molecule has 0 aliphatic carbocycles. The Labute approximate surface area is 111 Å². The first-order valence-electron chi connectivity index (χ1n) is 5.14. The highest BCUT2D eigenvalue weighted by molar-refractivity contribution is 9.11. The van der Waals surface area contributed by atoms with E-state index in [2.05, 4.69) is 26.1 Å². The van der Waals surface area contributed by atoms with Crippen LogP contribution in [0.3, 0.4) is 0 Å². The molecule has 6 nitrogen and oxygen atoms in total. The van der Waals surface area contributed by atoms with Crippen LogP contribution in [0.4, 0.5) is 4.79 Å². The number of rotatable bonds is 3. The molecule has 1 fully saturated rings. The summed E-state index contributed by atoms with van der Waals surface area (Å²) >= 11 is 4.57. The Kier molecular flexibility index (Phi) is 3.43. The van der Waals surface area contributed by atoms with Crippen molar-refractivity contribution in [3.05, 3.63) is 8.92 Å². The van der Waals surface area contributed by atoms with Gasteiger partial charge < -0.3 is 4.90 Å². The Morgan fingerprint density at radius 3 is 2.59 bits per heavy atom. The smallest absolute Gasteiger partial charge is 0.306 e. The Hall–Kier alpha value is -1.02. The highest BCUT2D eigenvalue weighted by atomic mass is 79.9. The van der Waals surface area contributed by atoms with Gasteiger partial charge in [-0.25, -0.2) is 4.79 Å². The van der Waals surface area contributed by atoms with Crippen molar-refractivity contribution in [2.45, 2.75) is 26.4 Å². The van der Waals surface area contributed by atoms with Gasteiger partial charge in [-0.1, -0.05) is 11.3 Å². The van der Waals surface area contributed by atoms with Gasteiger partial charge >= 0.3 is 6.03 Å². The number of halogens is 1. The first-order valence-corrected chi connectivity index (χ1v) is 6.75. The third kappa shape index (κ3) is 2.19. The van der Waals surface area contributed by atoms with Crippen molar-refractivity contribution in [3.8, 4) is 0 Å². The van der Waals surface area contributed by atoms with Gasteiger partial charge in [-0.3, -0.25) is 9.69 Å². The summed E-state index contributed by atoms with van der Waals surface area (Å²) in [6.45, 7) is 4.24. The summed E-state index contributed by atoms with van der Waals surface area (Å²) < 4.78 is 0.672. The summed E-state index contributed by atoms with van der Waals surface area (Å²) in [7, 11) is 0. The lowest BCUT2D eigenvalue weighted by Crippen LogP contribution is -2.33. The summed E-state index contributed by atoms with van der Waals surface area (Å²) in [6, 6.07) is -0.679. The largest absolute Gasteiger partial charge is 0.327 e. The number of likely N-dealkylation sites (N-methyl/N-ethyl adjacent to an activating group) is 1. The van der Waals surface area contributed by atoms with E-state index in [0.29, 0.717) is 22.0 Å². The SMILES string of the molecule is CCN1C(=O)C(C)N(Cc2nnc(Br)s2)C1=O. The van der Waals surface area contributed by atoms with E-state index in [0.717, 1.165) is 0 Å². The second-order valence-corrected chi connectivity index (χ2v) is 5.96. The van der Waals surface area contributed by atoms with Crippen molar-refractivity contribution in [1.29, 1.82) is 0 Å². The van der Waals surface area contributed by atoms with Crippen molar-refractivity contribution in [2.75, 3.05) is 6.54 Å². The van der Waals surface area contributed by atoms with Crippen LogP contribution in [0.1, 0.15) is 18.9 Å². The maximum atomic E-state index is 11.9. The molecule has 0 N–H and O–H groups in total. The van der Waals surface area contributed by atoms with E-state index in [-0.39, 0.29) is 11.9 Å². The topological polar surface area (TPSA) is 66.4 Å². The predicted molar refractivity (Wildman–Crippen MR) is 65.4 cm³/mol. The molecule has 0 aromatic carbocycles. The molecule has 1 aliphatic rings.